The van der Waals surface area contributed by atoms with E-state index in [-0.39, 0.29) is 18.5 Å². The number of nitrogens with one attached hydrogen (secondary N) is 2. The quantitative estimate of drug-likeness (QED) is 0.884. The van der Waals surface area contributed by atoms with Crippen LogP contribution in [0.2, 0.25) is 10.0 Å². The summed E-state index contributed by atoms with van der Waals surface area (Å²) in [7, 11) is 0. The van der Waals surface area contributed by atoms with E-state index in [2.05, 4.69) is 10.6 Å². The number of nitriles is 1. The molecule has 2 amide bonds. The van der Waals surface area contributed by atoms with Crippen LogP contribution in [0.15, 0.2) is 18.2 Å². The Morgan fingerprint density at radius 3 is 2.50 bits per heavy atom. The van der Waals surface area contributed by atoms with Gasteiger partial charge in [-0.25, -0.2) is 4.79 Å². The van der Waals surface area contributed by atoms with E-state index < -0.39 is 0 Å². The summed E-state index contributed by atoms with van der Waals surface area (Å²) in [6.45, 7) is 1.90. The molecule has 0 bridgehead atoms. The lowest BCUT2D eigenvalue weighted by Crippen LogP contribution is -2.37. The van der Waals surface area contributed by atoms with Gasteiger partial charge in [-0.1, -0.05) is 30.1 Å². The fraction of sp³-hybridized carbons (Fsp3) is 0.333. The smallest absolute Gasteiger partial charge is 0.319 e. The fourth-order valence-electron chi connectivity index (χ4n) is 1.39. The van der Waals surface area contributed by atoms with E-state index in [9.17, 15) is 4.79 Å². The maximum Gasteiger partial charge on any atom is 0.319 e. The maximum atomic E-state index is 11.7. The lowest BCUT2D eigenvalue weighted by molar-refractivity contribution is 0.248. The van der Waals surface area contributed by atoms with Crippen molar-refractivity contribution in [2.75, 3.05) is 5.32 Å². The van der Waals surface area contributed by atoms with Crippen LogP contribution < -0.4 is 10.6 Å². The molecule has 96 valence electrons. The molecule has 1 rings (SSSR count). The summed E-state index contributed by atoms with van der Waals surface area (Å²) in [6.07, 6.45) is 0.970. The average Bonchev–Trinajstić information content (AvgIpc) is 2.26. The van der Waals surface area contributed by atoms with Crippen LogP contribution in [0, 0.1) is 11.3 Å². The zero-order valence-electron chi connectivity index (χ0n) is 9.84. The van der Waals surface area contributed by atoms with Gasteiger partial charge < -0.3 is 10.6 Å². The number of halogens is 2. The molecule has 0 radical (unpaired) electrons. The fourth-order valence-corrected chi connectivity index (χ4v) is 1.91. The van der Waals surface area contributed by atoms with Crippen molar-refractivity contribution in [1.82, 2.24) is 5.32 Å². The highest BCUT2D eigenvalue weighted by molar-refractivity contribution is 6.35. The van der Waals surface area contributed by atoms with E-state index in [0.717, 1.165) is 0 Å². The number of anilines is 1. The van der Waals surface area contributed by atoms with E-state index in [1.54, 1.807) is 18.2 Å². The Morgan fingerprint density at radius 1 is 1.39 bits per heavy atom. The Bertz CT molecular complexity index is 451. The van der Waals surface area contributed by atoms with Gasteiger partial charge in [0.2, 0.25) is 0 Å². The predicted octanol–water partition coefficient (Wildman–Crippen LogP) is 3.81. The Kier molecular flexibility index (Phi) is 5.76. The maximum absolute atomic E-state index is 11.7. The number of carbonyl (C=O) groups is 1. The highest BCUT2D eigenvalue weighted by atomic mass is 35.5. The average molecular weight is 286 g/mol. The van der Waals surface area contributed by atoms with Crippen molar-refractivity contribution in [3.05, 3.63) is 28.2 Å². The number of benzene rings is 1. The highest BCUT2D eigenvalue weighted by Crippen LogP contribution is 2.22. The summed E-state index contributed by atoms with van der Waals surface area (Å²) < 4.78 is 0. The second kappa shape index (κ2) is 7.10. The lowest BCUT2D eigenvalue weighted by atomic mass is 10.2. The van der Waals surface area contributed by atoms with Crippen molar-refractivity contribution >= 4 is 34.9 Å². The summed E-state index contributed by atoms with van der Waals surface area (Å²) in [5, 5.41) is 14.8. The second-order valence-corrected chi connectivity index (χ2v) is 4.60. The molecule has 0 aliphatic heterocycles. The van der Waals surface area contributed by atoms with Gasteiger partial charge in [0.1, 0.15) is 0 Å². The number of amides is 2. The van der Waals surface area contributed by atoms with Crippen LogP contribution in [0.25, 0.3) is 0 Å². The molecule has 2 N–H and O–H groups in total. The summed E-state index contributed by atoms with van der Waals surface area (Å²) in [6, 6.07) is 6.25. The third-order valence-corrected chi connectivity index (χ3v) is 2.72. The minimum Gasteiger partial charge on any atom is -0.334 e. The van der Waals surface area contributed by atoms with E-state index in [1.165, 1.54) is 0 Å². The van der Waals surface area contributed by atoms with Gasteiger partial charge in [0.05, 0.1) is 12.5 Å². The molecule has 0 aromatic heterocycles. The normalized spacial score (nSPS) is 11.4. The molecule has 0 aliphatic rings. The first-order valence-electron chi connectivity index (χ1n) is 5.45. The molecule has 18 heavy (non-hydrogen) atoms. The summed E-state index contributed by atoms with van der Waals surface area (Å²) >= 11 is 11.6. The third kappa shape index (κ3) is 4.82. The summed E-state index contributed by atoms with van der Waals surface area (Å²) in [4.78, 5) is 11.7. The van der Waals surface area contributed by atoms with Crippen LogP contribution in [0.4, 0.5) is 10.5 Å². The number of hydrogen-bond acceptors (Lipinski definition) is 2. The molecule has 1 unspecified atom stereocenters. The largest absolute Gasteiger partial charge is 0.334 e. The molecule has 0 aliphatic carbocycles. The molecule has 4 nitrogen and oxygen atoms in total. The predicted molar refractivity (Wildman–Crippen MR) is 72.9 cm³/mol. The SMILES string of the molecule is CCC(CC#N)NC(=O)Nc1cc(Cl)cc(Cl)c1. The van der Waals surface area contributed by atoms with Gasteiger partial charge in [-0.3, -0.25) is 0 Å². The van der Waals surface area contributed by atoms with E-state index in [4.69, 9.17) is 28.5 Å². The number of urea groups is 1. The van der Waals surface area contributed by atoms with Gasteiger partial charge in [-0.2, -0.15) is 5.26 Å². The Morgan fingerprint density at radius 2 is 2.00 bits per heavy atom. The summed E-state index contributed by atoms with van der Waals surface area (Å²) in [5.41, 5.74) is 0.511. The summed E-state index contributed by atoms with van der Waals surface area (Å²) in [5.74, 6) is 0. The number of rotatable bonds is 4. The highest BCUT2D eigenvalue weighted by Gasteiger charge is 2.10. The Labute approximate surface area is 116 Å². The van der Waals surface area contributed by atoms with Crippen molar-refractivity contribution in [3.63, 3.8) is 0 Å². The first kappa shape index (κ1) is 14.6. The molecule has 1 aromatic rings. The second-order valence-electron chi connectivity index (χ2n) is 3.72. The monoisotopic (exact) mass is 285 g/mol. The molecule has 6 heteroatoms. The zero-order valence-corrected chi connectivity index (χ0v) is 11.3. The van der Waals surface area contributed by atoms with Crippen LogP contribution in [-0.4, -0.2) is 12.1 Å². The molecule has 0 heterocycles. The van der Waals surface area contributed by atoms with Gasteiger partial charge >= 0.3 is 6.03 Å². The lowest BCUT2D eigenvalue weighted by Gasteiger charge is -2.14. The van der Waals surface area contributed by atoms with E-state index >= 15 is 0 Å². The number of nitrogens with zero attached hydrogens (tertiary/aromatic N) is 1. The van der Waals surface area contributed by atoms with Crippen molar-refractivity contribution < 1.29 is 4.79 Å². The van der Waals surface area contributed by atoms with Crippen molar-refractivity contribution in [2.45, 2.75) is 25.8 Å². The minimum atomic E-state index is -0.379. The van der Waals surface area contributed by atoms with Crippen LogP contribution >= 0.6 is 23.2 Å². The first-order valence-corrected chi connectivity index (χ1v) is 6.21. The third-order valence-electron chi connectivity index (χ3n) is 2.29. The molecule has 1 aromatic carbocycles. The first-order chi connectivity index (χ1) is 8.55. The topological polar surface area (TPSA) is 64.9 Å². The van der Waals surface area contributed by atoms with Crippen molar-refractivity contribution in [1.29, 1.82) is 5.26 Å². The van der Waals surface area contributed by atoms with E-state index in [1.807, 2.05) is 13.0 Å². The molecule has 0 saturated heterocycles. The van der Waals surface area contributed by atoms with Gasteiger partial charge in [-0.05, 0) is 24.6 Å². The molecule has 0 fully saturated rings. The van der Waals surface area contributed by atoms with Gasteiger partial charge in [-0.15, -0.1) is 0 Å². The van der Waals surface area contributed by atoms with Crippen LogP contribution in [-0.2, 0) is 0 Å². The molecule has 1 atom stereocenters. The minimum absolute atomic E-state index is 0.162. The van der Waals surface area contributed by atoms with Gasteiger partial charge in [0, 0.05) is 21.8 Å². The van der Waals surface area contributed by atoms with Gasteiger partial charge in [0.15, 0.2) is 0 Å². The molecule has 0 saturated carbocycles. The zero-order chi connectivity index (χ0) is 13.5. The standard InChI is InChI=1S/C12H13Cl2N3O/c1-2-10(3-4-15)16-12(18)17-11-6-8(13)5-9(14)7-11/h5-7,10H,2-3H2,1H3,(H2,16,17,18). The van der Waals surface area contributed by atoms with E-state index in [0.29, 0.717) is 22.2 Å². The van der Waals surface area contributed by atoms with Crippen molar-refractivity contribution in [3.8, 4) is 6.07 Å². The Hall–Kier alpha value is -1.44. The Balaban J connectivity index is 2.61. The number of hydrogen-bond donors (Lipinski definition) is 2. The van der Waals surface area contributed by atoms with Crippen molar-refractivity contribution in [2.24, 2.45) is 0 Å². The van der Waals surface area contributed by atoms with Crippen LogP contribution in [0.1, 0.15) is 19.8 Å². The molecule has 0 spiro atoms. The molecular weight excluding hydrogens is 273 g/mol. The number of carbonyl (C=O) groups excluding carboxylic acids is 1. The van der Waals surface area contributed by atoms with Gasteiger partial charge in [0.25, 0.3) is 0 Å². The van der Waals surface area contributed by atoms with Crippen LogP contribution in [0.3, 0.4) is 0 Å². The molecular formula is C12H13Cl2N3O. The van der Waals surface area contributed by atoms with Crippen LogP contribution in [0.5, 0.6) is 0 Å².